The summed E-state index contributed by atoms with van der Waals surface area (Å²) in [5.74, 6) is -0.576. The fraction of sp³-hybridized carbons (Fsp3) is 0.333. The third-order valence-corrected chi connectivity index (χ3v) is 5.78. The number of para-hydroxylation sites is 1. The van der Waals surface area contributed by atoms with Crippen molar-refractivity contribution in [1.82, 2.24) is 9.80 Å². The van der Waals surface area contributed by atoms with E-state index in [1.165, 1.54) is 32.3 Å². The first-order valence-electron chi connectivity index (χ1n) is 10.2. The minimum absolute atomic E-state index is 0.0495. The number of likely N-dealkylation sites (tertiary alicyclic amines) is 1. The molecule has 1 saturated heterocycles. The van der Waals surface area contributed by atoms with Gasteiger partial charge < -0.3 is 29.1 Å². The third-order valence-electron chi connectivity index (χ3n) is 5.48. The van der Waals surface area contributed by atoms with E-state index < -0.39 is 17.7 Å². The largest absolute Gasteiger partial charge is 0.507 e. The number of hydrogen-bond acceptors (Lipinski definition) is 7. The number of carbonyl (C=O) groups excluding carboxylic acids is 2. The van der Waals surface area contributed by atoms with E-state index in [1.807, 2.05) is 19.0 Å². The average molecular weight is 475 g/mol. The van der Waals surface area contributed by atoms with Crippen LogP contribution in [0.25, 0.3) is 5.76 Å². The molecule has 0 unspecified atom stereocenters. The van der Waals surface area contributed by atoms with Crippen molar-refractivity contribution in [2.24, 2.45) is 0 Å². The monoisotopic (exact) mass is 474 g/mol. The number of ketones is 1. The molecule has 0 aromatic heterocycles. The van der Waals surface area contributed by atoms with Gasteiger partial charge in [0, 0.05) is 24.2 Å². The molecule has 0 aliphatic carbocycles. The average Bonchev–Trinajstić information content (AvgIpc) is 3.06. The van der Waals surface area contributed by atoms with Gasteiger partial charge in [-0.25, -0.2) is 0 Å². The van der Waals surface area contributed by atoms with Crippen molar-refractivity contribution in [2.75, 3.05) is 48.5 Å². The summed E-state index contributed by atoms with van der Waals surface area (Å²) in [4.78, 5) is 29.6. The molecule has 1 N–H and O–H groups in total. The molecule has 0 bridgehead atoms. The molecule has 1 fully saturated rings. The van der Waals surface area contributed by atoms with E-state index in [0.717, 1.165) is 0 Å². The molecule has 3 rings (SSSR count). The summed E-state index contributed by atoms with van der Waals surface area (Å²) < 4.78 is 16.2. The molecule has 0 radical (unpaired) electrons. The number of aliphatic hydroxyl groups excluding tert-OH is 1. The summed E-state index contributed by atoms with van der Waals surface area (Å²) in [6.45, 7) is 0.785. The van der Waals surface area contributed by atoms with Gasteiger partial charge in [-0.1, -0.05) is 23.7 Å². The van der Waals surface area contributed by atoms with Crippen molar-refractivity contribution in [2.45, 2.75) is 6.04 Å². The summed E-state index contributed by atoms with van der Waals surface area (Å²) in [7, 11) is 8.21. The van der Waals surface area contributed by atoms with Crippen LogP contribution in [0, 0.1) is 0 Å². The van der Waals surface area contributed by atoms with Crippen molar-refractivity contribution in [3.05, 3.63) is 58.1 Å². The Bertz CT molecular complexity index is 1100. The number of carbonyl (C=O) groups is 2. The van der Waals surface area contributed by atoms with Crippen LogP contribution in [0.1, 0.15) is 17.2 Å². The van der Waals surface area contributed by atoms with Gasteiger partial charge in [-0.3, -0.25) is 9.59 Å². The second-order valence-corrected chi connectivity index (χ2v) is 8.14. The fourth-order valence-electron chi connectivity index (χ4n) is 3.84. The van der Waals surface area contributed by atoms with Crippen LogP contribution in [0.4, 0.5) is 0 Å². The summed E-state index contributed by atoms with van der Waals surface area (Å²) in [6.07, 6.45) is 0. The maximum Gasteiger partial charge on any atom is 0.295 e. The molecule has 9 heteroatoms. The van der Waals surface area contributed by atoms with Crippen molar-refractivity contribution in [1.29, 1.82) is 0 Å². The summed E-state index contributed by atoms with van der Waals surface area (Å²) in [5, 5.41) is 11.5. The molecule has 1 amide bonds. The molecule has 1 atom stereocenters. The molecule has 1 aliphatic rings. The molecule has 1 heterocycles. The van der Waals surface area contributed by atoms with Gasteiger partial charge in [0.05, 0.1) is 38.0 Å². The zero-order valence-corrected chi connectivity index (χ0v) is 20.0. The SMILES string of the molecule is COc1ccc(/C(O)=C2\C(=O)C(=O)N(CCN(C)C)[C@@H]2c2cccc(OC)c2OC)cc1Cl. The number of benzene rings is 2. The van der Waals surface area contributed by atoms with Crippen LogP contribution < -0.4 is 14.2 Å². The van der Waals surface area contributed by atoms with Gasteiger partial charge in [0.25, 0.3) is 11.7 Å². The van der Waals surface area contributed by atoms with Crippen molar-refractivity contribution >= 4 is 29.1 Å². The van der Waals surface area contributed by atoms with E-state index in [2.05, 4.69) is 0 Å². The molecule has 176 valence electrons. The van der Waals surface area contributed by atoms with E-state index in [1.54, 1.807) is 30.3 Å². The smallest absolute Gasteiger partial charge is 0.295 e. The van der Waals surface area contributed by atoms with Crippen LogP contribution in [0.2, 0.25) is 5.02 Å². The Morgan fingerprint density at radius 3 is 2.33 bits per heavy atom. The van der Waals surface area contributed by atoms with Gasteiger partial charge in [-0.15, -0.1) is 0 Å². The minimum atomic E-state index is -0.879. The maximum absolute atomic E-state index is 13.2. The number of methoxy groups -OCH3 is 3. The van der Waals surface area contributed by atoms with Crippen LogP contribution in [-0.4, -0.2) is 75.1 Å². The number of halogens is 1. The number of nitrogens with zero attached hydrogens (tertiary/aromatic N) is 2. The Morgan fingerprint density at radius 1 is 1.06 bits per heavy atom. The molecule has 2 aromatic rings. The third kappa shape index (κ3) is 4.62. The number of hydrogen-bond donors (Lipinski definition) is 1. The van der Waals surface area contributed by atoms with Crippen LogP contribution in [-0.2, 0) is 9.59 Å². The number of rotatable bonds is 8. The van der Waals surface area contributed by atoms with Gasteiger partial charge in [0.15, 0.2) is 11.5 Å². The predicted octanol–water partition coefficient (Wildman–Crippen LogP) is 3.35. The normalized spacial score (nSPS) is 17.5. The van der Waals surface area contributed by atoms with Gasteiger partial charge in [0.1, 0.15) is 11.5 Å². The number of aliphatic hydroxyl groups is 1. The highest BCUT2D eigenvalue weighted by Gasteiger charge is 2.47. The van der Waals surface area contributed by atoms with Crippen LogP contribution in [0.3, 0.4) is 0 Å². The maximum atomic E-state index is 13.2. The molecule has 0 spiro atoms. The van der Waals surface area contributed by atoms with E-state index in [9.17, 15) is 14.7 Å². The molecule has 33 heavy (non-hydrogen) atoms. The van der Waals surface area contributed by atoms with Crippen LogP contribution in [0.5, 0.6) is 17.2 Å². The molecule has 1 aliphatic heterocycles. The quantitative estimate of drug-likeness (QED) is 0.356. The lowest BCUT2D eigenvalue weighted by Crippen LogP contribution is -2.35. The van der Waals surface area contributed by atoms with Gasteiger partial charge in [-0.05, 0) is 38.4 Å². The highest BCUT2D eigenvalue weighted by Crippen LogP contribution is 2.45. The second kappa shape index (κ2) is 10.1. The van der Waals surface area contributed by atoms with Gasteiger partial charge in [-0.2, -0.15) is 0 Å². The highest BCUT2D eigenvalue weighted by atomic mass is 35.5. The Labute approximate surface area is 197 Å². The Hall–Kier alpha value is -3.23. The first-order valence-corrected chi connectivity index (χ1v) is 10.6. The van der Waals surface area contributed by atoms with E-state index in [4.69, 9.17) is 25.8 Å². The standard InChI is InChI=1S/C24H27ClN2O6/c1-26(2)11-12-27-20(15-7-6-8-18(32-4)23(15)33-5)19(22(29)24(27)30)21(28)14-9-10-17(31-3)16(25)13-14/h6-10,13,20,28H,11-12H2,1-5H3/b21-19+/t20-/m1/s1. The lowest BCUT2D eigenvalue weighted by atomic mass is 9.94. The lowest BCUT2D eigenvalue weighted by molar-refractivity contribution is -0.140. The van der Waals surface area contributed by atoms with Crippen LogP contribution in [0.15, 0.2) is 42.0 Å². The van der Waals surface area contributed by atoms with E-state index >= 15 is 0 Å². The van der Waals surface area contributed by atoms with Crippen molar-refractivity contribution in [3.8, 4) is 17.2 Å². The summed E-state index contributed by atoms with van der Waals surface area (Å²) in [6, 6.07) is 8.98. The summed E-state index contributed by atoms with van der Waals surface area (Å²) in [5.41, 5.74) is 0.765. The molecular weight excluding hydrogens is 448 g/mol. The van der Waals surface area contributed by atoms with Crippen LogP contribution >= 0.6 is 11.6 Å². The molecular formula is C24H27ClN2O6. The van der Waals surface area contributed by atoms with E-state index in [-0.39, 0.29) is 22.9 Å². The molecule has 0 saturated carbocycles. The lowest BCUT2D eigenvalue weighted by Gasteiger charge is -2.28. The van der Waals surface area contributed by atoms with E-state index in [0.29, 0.717) is 34.9 Å². The van der Waals surface area contributed by atoms with Crippen molar-refractivity contribution < 1.29 is 28.9 Å². The number of amides is 1. The first kappa shape index (κ1) is 24.4. The number of ether oxygens (including phenoxy) is 3. The van der Waals surface area contributed by atoms with Gasteiger partial charge in [0.2, 0.25) is 0 Å². The number of likely N-dealkylation sites (N-methyl/N-ethyl adjacent to an activating group) is 1. The van der Waals surface area contributed by atoms with Crippen molar-refractivity contribution in [3.63, 3.8) is 0 Å². The molecule has 2 aromatic carbocycles. The fourth-order valence-corrected chi connectivity index (χ4v) is 4.10. The Morgan fingerprint density at radius 2 is 1.76 bits per heavy atom. The molecule has 8 nitrogen and oxygen atoms in total. The second-order valence-electron chi connectivity index (χ2n) is 7.73. The highest BCUT2D eigenvalue weighted by molar-refractivity contribution is 6.46. The zero-order chi connectivity index (χ0) is 24.3. The predicted molar refractivity (Wildman–Crippen MR) is 125 cm³/mol. The summed E-state index contributed by atoms with van der Waals surface area (Å²) >= 11 is 6.24. The Kier molecular flexibility index (Phi) is 7.50. The Balaban J connectivity index is 2.25. The first-order chi connectivity index (χ1) is 15.7. The number of Topliss-reactive ketones (excluding diaryl/α,β-unsaturated/α-hetero) is 1. The minimum Gasteiger partial charge on any atom is -0.507 e. The zero-order valence-electron chi connectivity index (χ0n) is 19.2. The van der Waals surface area contributed by atoms with Gasteiger partial charge >= 0.3 is 0 Å². The topological polar surface area (TPSA) is 88.5 Å².